The van der Waals surface area contributed by atoms with Crippen LogP contribution in [-0.2, 0) is 10.1 Å². The summed E-state index contributed by atoms with van der Waals surface area (Å²) in [6, 6.07) is 13.3. The molecule has 0 amide bonds. The monoisotopic (exact) mass is 323 g/mol. The highest BCUT2D eigenvalue weighted by atomic mass is 32.2. The van der Waals surface area contributed by atoms with Crippen LogP contribution in [0.1, 0.15) is 0 Å². The molecule has 0 radical (unpaired) electrons. The summed E-state index contributed by atoms with van der Waals surface area (Å²) in [4.78, 5) is -0.250. The highest BCUT2D eigenvalue weighted by Crippen LogP contribution is 2.28. The quantitative estimate of drug-likeness (QED) is 0.505. The molecule has 0 atom stereocenters. The first-order valence-electron chi connectivity index (χ1n) is 5.86. The van der Waals surface area contributed by atoms with Gasteiger partial charge in [0.1, 0.15) is 0 Å². The summed E-state index contributed by atoms with van der Waals surface area (Å²) in [5.74, 6) is 0. The van der Waals surface area contributed by atoms with Gasteiger partial charge >= 0.3 is 0 Å². The standard InChI is InChI=1S/C13H13N3O3S2/c14-13(20)16-12-8-10(21(17,18)19)6-7-11(12)15-9-4-2-1-3-5-9/h1-8,15H,(H3,14,16,20)(H,17,18,19). The lowest BCUT2D eigenvalue weighted by Crippen LogP contribution is -2.20. The molecule has 5 N–H and O–H groups in total. The molecule has 2 rings (SSSR count). The number of hydrogen-bond donors (Lipinski definition) is 4. The second kappa shape index (κ2) is 6.08. The first kappa shape index (κ1) is 15.2. The van der Waals surface area contributed by atoms with Crippen molar-refractivity contribution in [2.24, 2.45) is 5.73 Å². The summed E-state index contributed by atoms with van der Waals surface area (Å²) in [7, 11) is -4.30. The van der Waals surface area contributed by atoms with Crippen LogP contribution in [0.4, 0.5) is 17.1 Å². The number of hydrogen-bond acceptors (Lipinski definition) is 4. The zero-order valence-corrected chi connectivity index (χ0v) is 12.4. The number of nitrogens with two attached hydrogens (primary N) is 1. The van der Waals surface area contributed by atoms with Crippen LogP contribution in [-0.4, -0.2) is 18.1 Å². The molecule has 0 saturated carbocycles. The van der Waals surface area contributed by atoms with E-state index in [1.807, 2.05) is 30.3 Å². The Morgan fingerprint density at radius 1 is 1.10 bits per heavy atom. The average molecular weight is 323 g/mol. The second-order valence-electron chi connectivity index (χ2n) is 4.16. The molecule has 0 aromatic heterocycles. The fourth-order valence-corrected chi connectivity index (χ4v) is 2.32. The number of para-hydroxylation sites is 1. The maximum Gasteiger partial charge on any atom is 0.294 e. The molecule has 0 heterocycles. The summed E-state index contributed by atoms with van der Waals surface area (Å²) in [5.41, 5.74) is 7.15. The largest absolute Gasteiger partial charge is 0.376 e. The fraction of sp³-hybridized carbons (Fsp3) is 0. The van der Waals surface area contributed by atoms with Crippen molar-refractivity contribution >= 4 is 44.5 Å². The van der Waals surface area contributed by atoms with E-state index in [1.165, 1.54) is 18.2 Å². The third-order valence-electron chi connectivity index (χ3n) is 2.60. The molecule has 2 aromatic rings. The van der Waals surface area contributed by atoms with Crippen LogP contribution in [0.2, 0.25) is 0 Å². The number of anilines is 3. The predicted molar refractivity (Wildman–Crippen MR) is 86.4 cm³/mol. The van der Waals surface area contributed by atoms with Crippen molar-refractivity contribution < 1.29 is 13.0 Å². The van der Waals surface area contributed by atoms with Gasteiger partial charge in [-0.15, -0.1) is 0 Å². The molecule has 0 unspecified atom stereocenters. The van der Waals surface area contributed by atoms with E-state index < -0.39 is 10.1 Å². The molecule has 0 spiro atoms. The Hall–Kier alpha value is -2.16. The zero-order valence-electron chi connectivity index (χ0n) is 10.8. The third-order valence-corrected chi connectivity index (χ3v) is 3.55. The zero-order chi connectivity index (χ0) is 15.5. The van der Waals surface area contributed by atoms with Crippen LogP contribution in [0.15, 0.2) is 53.4 Å². The molecular weight excluding hydrogens is 310 g/mol. The first-order valence-corrected chi connectivity index (χ1v) is 7.71. The van der Waals surface area contributed by atoms with Gasteiger partial charge in [0.15, 0.2) is 5.11 Å². The normalized spacial score (nSPS) is 10.9. The maximum absolute atomic E-state index is 11.2. The molecular formula is C13H13N3O3S2. The van der Waals surface area contributed by atoms with Crippen molar-refractivity contribution in [3.63, 3.8) is 0 Å². The Morgan fingerprint density at radius 3 is 2.33 bits per heavy atom. The van der Waals surface area contributed by atoms with E-state index in [0.29, 0.717) is 11.4 Å². The summed E-state index contributed by atoms with van der Waals surface area (Å²) < 4.78 is 31.5. The Kier molecular flexibility index (Phi) is 4.41. The van der Waals surface area contributed by atoms with E-state index in [-0.39, 0.29) is 10.0 Å². The lowest BCUT2D eigenvalue weighted by Gasteiger charge is -2.14. The molecule has 0 saturated heterocycles. The smallest absolute Gasteiger partial charge is 0.294 e. The van der Waals surface area contributed by atoms with Crippen LogP contribution in [0, 0.1) is 0 Å². The van der Waals surface area contributed by atoms with E-state index in [9.17, 15) is 8.42 Å². The Balaban J connectivity index is 2.42. The van der Waals surface area contributed by atoms with Gasteiger partial charge in [0.2, 0.25) is 0 Å². The fourth-order valence-electron chi connectivity index (χ4n) is 1.71. The van der Waals surface area contributed by atoms with Crippen molar-refractivity contribution in [3.05, 3.63) is 48.5 Å². The number of benzene rings is 2. The van der Waals surface area contributed by atoms with Gasteiger partial charge in [-0.1, -0.05) is 18.2 Å². The van der Waals surface area contributed by atoms with Crippen molar-refractivity contribution in [3.8, 4) is 0 Å². The van der Waals surface area contributed by atoms with Gasteiger partial charge in [-0.2, -0.15) is 8.42 Å². The molecule has 0 aliphatic carbocycles. The lowest BCUT2D eigenvalue weighted by atomic mass is 10.2. The average Bonchev–Trinajstić information content (AvgIpc) is 2.40. The van der Waals surface area contributed by atoms with Gasteiger partial charge in [0, 0.05) is 5.69 Å². The van der Waals surface area contributed by atoms with Crippen LogP contribution in [0.5, 0.6) is 0 Å². The van der Waals surface area contributed by atoms with Gasteiger partial charge in [-0.25, -0.2) is 0 Å². The Labute approximate surface area is 127 Å². The minimum atomic E-state index is -4.30. The van der Waals surface area contributed by atoms with Crippen molar-refractivity contribution in [1.29, 1.82) is 0 Å². The minimum absolute atomic E-state index is 0.0152. The van der Waals surface area contributed by atoms with Crippen molar-refractivity contribution in [1.82, 2.24) is 0 Å². The van der Waals surface area contributed by atoms with E-state index in [0.717, 1.165) is 5.69 Å². The van der Waals surface area contributed by atoms with Gasteiger partial charge in [-0.05, 0) is 42.5 Å². The highest BCUT2D eigenvalue weighted by Gasteiger charge is 2.13. The second-order valence-corrected chi connectivity index (χ2v) is 6.02. The molecule has 0 bridgehead atoms. The third kappa shape index (κ3) is 4.15. The number of nitrogens with one attached hydrogen (secondary N) is 2. The molecule has 110 valence electrons. The van der Waals surface area contributed by atoms with Crippen LogP contribution < -0.4 is 16.4 Å². The molecule has 2 aromatic carbocycles. The van der Waals surface area contributed by atoms with Crippen molar-refractivity contribution in [2.45, 2.75) is 4.90 Å². The van der Waals surface area contributed by atoms with Gasteiger partial charge in [0.05, 0.1) is 16.3 Å². The van der Waals surface area contributed by atoms with Gasteiger partial charge < -0.3 is 16.4 Å². The molecule has 0 aliphatic heterocycles. The molecule has 6 nitrogen and oxygen atoms in total. The van der Waals surface area contributed by atoms with Crippen LogP contribution in [0.3, 0.4) is 0 Å². The molecule has 0 aliphatic rings. The number of thiocarbonyl (C=S) groups is 1. The van der Waals surface area contributed by atoms with Gasteiger partial charge in [-0.3, -0.25) is 4.55 Å². The van der Waals surface area contributed by atoms with Crippen LogP contribution in [0.25, 0.3) is 0 Å². The summed E-state index contributed by atoms with van der Waals surface area (Å²) >= 11 is 4.77. The summed E-state index contributed by atoms with van der Waals surface area (Å²) in [6.45, 7) is 0. The maximum atomic E-state index is 11.2. The highest BCUT2D eigenvalue weighted by molar-refractivity contribution is 7.85. The summed E-state index contributed by atoms with van der Waals surface area (Å²) in [6.07, 6.45) is 0. The minimum Gasteiger partial charge on any atom is -0.376 e. The van der Waals surface area contributed by atoms with Crippen molar-refractivity contribution in [2.75, 3.05) is 10.6 Å². The van der Waals surface area contributed by atoms with E-state index in [4.69, 9.17) is 22.5 Å². The molecule has 0 fully saturated rings. The lowest BCUT2D eigenvalue weighted by molar-refractivity contribution is 0.483. The van der Waals surface area contributed by atoms with Crippen LogP contribution >= 0.6 is 12.2 Å². The Bertz CT molecular complexity index is 761. The van der Waals surface area contributed by atoms with E-state index in [1.54, 1.807) is 0 Å². The number of rotatable bonds is 4. The van der Waals surface area contributed by atoms with E-state index in [2.05, 4.69) is 10.6 Å². The Morgan fingerprint density at radius 2 is 1.76 bits per heavy atom. The predicted octanol–water partition coefficient (Wildman–Crippen LogP) is 2.33. The molecule has 21 heavy (non-hydrogen) atoms. The summed E-state index contributed by atoms with van der Waals surface area (Å²) in [5, 5.41) is 5.76. The van der Waals surface area contributed by atoms with E-state index >= 15 is 0 Å². The first-order chi connectivity index (χ1) is 9.86. The topological polar surface area (TPSA) is 104 Å². The molecule has 8 heteroatoms. The SMILES string of the molecule is NC(=S)Nc1cc(S(=O)(=O)O)ccc1Nc1ccccc1. The van der Waals surface area contributed by atoms with Gasteiger partial charge in [0.25, 0.3) is 10.1 Å².